The summed E-state index contributed by atoms with van der Waals surface area (Å²) >= 11 is 5.86. The second-order valence-electron chi connectivity index (χ2n) is 5.96. The molecule has 3 atom stereocenters. The molecule has 0 bridgehead atoms. The lowest BCUT2D eigenvalue weighted by atomic mass is 10.1. The largest absolute Gasteiger partial charge is 0.352 e. The first-order chi connectivity index (χ1) is 9.94. The number of carbonyl (C=O) groups is 1. The molecule has 1 N–H and O–H groups in total. The van der Waals surface area contributed by atoms with E-state index < -0.39 is 9.84 Å². The van der Waals surface area contributed by atoms with Crippen molar-refractivity contribution in [2.45, 2.75) is 31.2 Å². The Bertz CT molecular complexity index is 641. The molecular weight excluding hydrogens is 310 g/mol. The summed E-state index contributed by atoms with van der Waals surface area (Å²) in [6.07, 6.45) is 2.22. The van der Waals surface area contributed by atoms with Crippen molar-refractivity contribution in [2.24, 2.45) is 5.92 Å². The summed E-state index contributed by atoms with van der Waals surface area (Å²) in [5, 5.41) is 3.59. The fourth-order valence-electron chi connectivity index (χ4n) is 3.01. The van der Waals surface area contributed by atoms with Gasteiger partial charge in [-0.15, -0.1) is 0 Å². The van der Waals surface area contributed by atoms with Crippen molar-refractivity contribution >= 4 is 27.3 Å². The van der Waals surface area contributed by atoms with Crippen LogP contribution in [0.4, 0.5) is 0 Å². The number of halogens is 1. The Labute approximate surface area is 129 Å². The Morgan fingerprint density at radius 3 is 2.62 bits per heavy atom. The lowest BCUT2D eigenvalue weighted by Gasteiger charge is -2.23. The molecule has 0 unspecified atom stereocenters. The maximum absolute atomic E-state index is 12.2. The van der Waals surface area contributed by atoms with Crippen LogP contribution >= 0.6 is 11.6 Å². The summed E-state index contributed by atoms with van der Waals surface area (Å²) in [4.78, 5) is 12.2. The van der Waals surface area contributed by atoms with E-state index in [9.17, 15) is 13.2 Å². The zero-order valence-corrected chi connectivity index (χ0v) is 13.2. The topological polar surface area (TPSA) is 63.2 Å². The Hall–Kier alpha value is -1.07. The number of hydrogen-bond acceptors (Lipinski definition) is 3. The van der Waals surface area contributed by atoms with Crippen LogP contribution in [0.15, 0.2) is 24.3 Å². The zero-order valence-electron chi connectivity index (χ0n) is 11.6. The number of nitrogens with one attached hydrogen (secondary N) is 1. The SMILES string of the molecule is O=C(N[C@@H]1CCCS(=O)(=O)C1)[C@H]1C[C@H]1c1ccc(Cl)cc1. The Morgan fingerprint density at radius 2 is 1.95 bits per heavy atom. The molecular formula is C15H18ClNO3S. The molecule has 1 aliphatic heterocycles. The molecule has 3 rings (SSSR count). The Balaban J connectivity index is 1.57. The van der Waals surface area contributed by atoms with Crippen LogP contribution in [0.5, 0.6) is 0 Å². The highest BCUT2D eigenvalue weighted by Crippen LogP contribution is 2.47. The zero-order chi connectivity index (χ0) is 15.0. The predicted octanol–water partition coefficient (Wildman–Crippen LogP) is 2.14. The van der Waals surface area contributed by atoms with E-state index in [-0.39, 0.29) is 35.3 Å². The van der Waals surface area contributed by atoms with E-state index in [1.54, 1.807) is 0 Å². The van der Waals surface area contributed by atoms with Crippen molar-refractivity contribution in [3.63, 3.8) is 0 Å². The third-order valence-corrected chi connectivity index (χ3v) is 6.31. The van der Waals surface area contributed by atoms with Crippen molar-refractivity contribution in [3.05, 3.63) is 34.9 Å². The summed E-state index contributed by atoms with van der Waals surface area (Å²) in [5.41, 5.74) is 1.12. The van der Waals surface area contributed by atoms with Gasteiger partial charge in [0, 0.05) is 17.0 Å². The third kappa shape index (κ3) is 3.58. The minimum Gasteiger partial charge on any atom is -0.352 e. The molecule has 21 heavy (non-hydrogen) atoms. The molecule has 114 valence electrons. The lowest BCUT2D eigenvalue weighted by Crippen LogP contribution is -2.43. The van der Waals surface area contributed by atoms with Crippen molar-refractivity contribution in [3.8, 4) is 0 Å². The second-order valence-corrected chi connectivity index (χ2v) is 8.63. The van der Waals surface area contributed by atoms with Gasteiger partial charge >= 0.3 is 0 Å². The second kappa shape index (κ2) is 5.61. The molecule has 1 saturated heterocycles. The van der Waals surface area contributed by atoms with Crippen molar-refractivity contribution in [1.29, 1.82) is 0 Å². The van der Waals surface area contributed by atoms with E-state index >= 15 is 0 Å². The first kappa shape index (κ1) is 14.9. The van der Waals surface area contributed by atoms with Crippen LogP contribution in [0.1, 0.15) is 30.7 Å². The highest BCUT2D eigenvalue weighted by Gasteiger charge is 2.44. The van der Waals surface area contributed by atoms with E-state index in [4.69, 9.17) is 11.6 Å². The van der Waals surface area contributed by atoms with E-state index in [1.807, 2.05) is 24.3 Å². The molecule has 2 fully saturated rings. The standard InChI is InChI=1S/C15H18ClNO3S/c16-11-5-3-10(4-6-11)13-8-14(13)15(18)17-12-2-1-7-21(19,20)9-12/h3-6,12-14H,1-2,7-9H2,(H,17,18)/t12-,13+,14+/m1/s1. The van der Waals surface area contributed by atoms with Crippen LogP contribution in [-0.2, 0) is 14.6 Å². The van der Waals surface area contributed by atoms with Crippen molar-refractivity contribution < 1.29 is 13.2 Å². The van der Waals surface area contributed by atoms with Gasteiger partial charge in [-0.1, -0.05) is 23.7 Å². The Kier molecular flexibility index (Phi) is 3.97. The van der Waals surface area contributed by atoms with E-state index in [0.29, 0.717) is 11.4 Å². The summed E-state index contributed by atoms with van der Waals surface area (Å²) in [6.45, 7) is 0. The maximum atomic E-state index is 12.2. The van der Waals surface area contributed by atoms with E-state index in [0.717, 1.165) is 18.4 Å². The van der Waals surface area contributed by atoms with Crippen LogP contribution in [0.3, 0.4) is 0 Å². The van der Waals surface area contributed by atoms with Gasteiger partial charge in [0.2, 0.25) is 5.91 Å². The van der Waals surface area contributed by atoms with Crippen LogP contribution in [0.25, 0.3) is 0 Å². The first-order valence-electron chi connectivity index (χ1n) is 7.21. The predicted molar refractivity (Wildman–Crippen MR) is 82.1 cm³/mol. The number of sulfone groups is 1. The van der Waals surface area contributed by atoms with Gasteiger partial charge in [0.15, 0.2) is 9.84 Å². The van der Waals surface area contributed by atoms with Crippen LogP contribution in [0.2, 0.25) is 5.02 Å². The smallest absolute Gasteiger partial charge is 0.223 e. The van der Waals surface area contributed by atoms with Crippen LogP contribution in [-0.4, -0.2) is 31.9 Å². The van der Waals surface area contributed by atoms with Gasteiger partial charge in [0.05, 0.1) is 11.5 Å². The molecule has 4 nitrogen and oxygen atoms in total. The fraction of sp³-hybridized carbons (Fsp3) is 0.533. The van der Waals surface area contributed by atoms with Gasteiger partial charge in [0.25, 0.3) is 0 Å². The summed E-state index contributed by atoms with van der Waals surface area (Å²) in [5.74, 6) is 0.517. The normalized spacial score (nSPS) is 30.6. The molecule has 1 aromatic rings. The van der Waals surface area contributed by atoms with Crippen molar-refractivity contribution in [1.82, 2.24) is 5.32 Å². The maximum Gasteiger partial charge on any atom is 0.223 e. The monoisotopic (exact) mass is 327 g/mol. The summed E-state index contributed by atoms with van der Waals surface area (Å²) < 4.78 is 23.2. The highest BCUT2D eigenvalue weighted by molar-refractivity contribution is 7.91. The van der Waals surface area contributed by atoms with E-state index in [1.165, 1.54) is 0 Å². The van der Waals surface area contributed by atoms with Gasteiger partial charge in [-0.05, 0) is 42.9 Å². The average molecular weight is 328 g/mol. The van der Waals surface area contributed by atoms with Gasteiger partial charge in [-0.3, -0.25) is 4.79 Å². The highest BCUT2D eigenvalue weighted by atomic mass is 35.5. The fourth-order valence-corrected chi connectivity index (χ4v) is 4.77. The molecule has 2 aliphatic rings. The number of hydrogen-bond donors (Lipinski definition) is 1. The minimum absolute atomic E-state index is 0.0166. The van der Waals surface area contributed by atoms with Crippen LogP contribution < -0.4 is 5.32 Å². The number of amides is 1. The van der Waals surface area contributed by atoms with Crippen LogP contribution in [0, 0.1) is 5.92 Å². The summed E-state index contributed by atoms with van der Waals surface area (Å²) in [6, 6.07) is 7.34. The molecule has 0 aromatic heterocycles. The van der Waals surface area contributed by atoms with Gasteiger partial charge in [-0.2, -0.15) is 0 Å². The van der Waals surface area contributed by atoms with Gasteiger partial charge < -0.3 is 5.32 Å². The Morgan fingerprint density at radius 1 is 1.24 bits per heavy atom. The number of rotatable bonds is 3. The third-order valence-electron chi connectivity index (χ3n) is 4.23. The molecule has 1 amide bonds. The molecule has 6 heteroatoms. The molecule has 0 spiro atoms. The lowest BCUT2D eigenvalue weighted by molar-refractivity contribution is -0.123. The average Bonchev–Trinajstić information content (AvgIpc) is 3.18. The molecule has 1 saturated carbocycles. The molecule has 0 radical (unpaired) electrons. The molecule has 1 heterocycles. The minimum atomic E-state index is -2.98. The van der Waals surface area contributed by atoms with Crippen molar-refractivity contribution in [2.75, 3.05) is 11.5 Å². The quantitative estimate of drug-likeness (QED) is 0.925. The van der Waals surface area contributed by atoms with Gasteiger partial charge in [-0.25, -0.2) is 8.42 Å². The first-order valence-corrected chi connectivity index (χ1v) is 9.41. The van der Waals surface area contributed by atoms with Gasteiger partial charge in [0.1, 0.15) is 0 Å². The molecule has 1 aromatic carbocycles. The van der Waals surface area contributed by atoms with E-state index in [2.05, 4.69) is 5.32 Å². The summed E-state index contributed by atoms with van der Waals surface area (Å²) in [7, 11) is -2.98. The number of carbonyl (C=O) groups excluding carboxylic acids is 1. The molecule has 1 aliphatic carbocycles. The number of benzene rings is 1.